The van der Waals surface area contributed by atoms with Gasteiger partial charge >= 0.3 is 0 Å². The molecule has 0 atom stereocenters. The van der Waals surface area contributed by atoms with E-state index < -0.39 is 10.0 Å². The van der Waals surface area contributed by atoms with Crippen LogP contribution in [0.15, 0.2) is 18.2 Å². The zero-order valence-electron chi connectivity index (χ0n) is 15.8. The molecule has 0 unspecified atom stereocenters. The van der Waals surface area contributed by atoms with E-state index in [1.165, 1.54) is 0 Å². The highest BCUT2D eigenvalue weighted by Crippen LogP contribution is 2.34. The van der Waals surface area contributed by atoms with Crippen LogP contribution in [0.1, 0.15) is 19.8 Å². The molecule has 0 aromatic heterocycles. The van der Waals surface area contributed by atoms with Crippen molar-refractivity contribution in [1.82, 2.24) is 10.2 Å². The Morgan fingerprint density at radius 1 is 1.22 bits per heavy atom. The number of fused-ring (bicyclic) bond motifs is 1. The van der Waals surface area contributed by atoms with Gasteiger partial charge in [0.2, 0.25) is 15.9 Å². The topological polar surface area (TPSA) is 88.2 Å². The Kier molecular flexibility index (Phi) is 6.11. The van der Waals surface area contributed by atoms with Gasteiger partial charge in [-0.25, -0.2) is 8.42 Å². The van der Waals surface area contributed by atoms with Crippen LogP contribution >= 0.6 is 0 Å². The zero-order chi connectivity index (χ0) is 19.4. The maximum atomic E-state index is 12.6. The molecule has 2 aliphatic rings. The van der Waals surface area contributed by atoms with E-state index in [2.05, 4.69) is 17.3 Å². The lowest BCUT2D eigenvalue weighted by molar-refractivity contribution is -0.120. The third-order valence-electron chi connectivity index (χ3n) is 4.89. The molecule has 0 bridgehead atoms. The standard InChI is InChI=1S/C18H27N3O5S/c1-3-27(23,24)21(13-18(22)19-14-6-8-20(2)9-7-14)15-4-5-16-17(12-15)26-11-10-25-16/h4-5,12,14H,3,6-11,13H2,1-2H3,(H,19,22). The van der Waals surface area contributed by atoms with E-state index in [1.54, 1.807) is 25.1 Å². The quantitative estimate of drug-likeness (QED) is 0.765. The first-order valence-corrected chi connectivity index (χ1v) is 10.9. The van der Waals surface area contributed by atoms with Crippen LogP contribution in [0.2, 0.25) is 0 Å². The third kappa shape index (κ3) is 4.84. The number of carbonyl (C=O) groups excluding carboxylic acids is 1. The molecular weight excluding hydrogens is 370 g/mol. The fourth-order valence-corrected chi connectivity index (χ4v) is 4.31. The minimum absolute atomic E-state index is 0.0835. The highest BCUT2D eigenvalue weighted by Gasteiger charge is 2.27. The van der Waals surface area contributed by atoms with Crippen molar-refractivity contribution in [2.45, 2.75) is 25.8 Å². The summed E-state index contributed by atoms with van der Waals surface area (Å²) in [6.07, 6.45) is 1.74. The van der Waals surface area contributed by atoms with Crippen molar-refractivity contribution < 1.29 is 22.7 Å². The molecular formula is C18H27N3O5S. The number of sulfonamides is 1. The van der Waals surface area contributed by atoms with Gasteiger partial charge in [0.1, 0.15) is 19.8 Å². The van der Waals surface area contributed by atoms with Gasteiger partial charge in [0.05, 0.1) is 11.4 Å². The number of amides is 1. The number of carbonyl (C=O) groups is 1. The molecule has 150 valence electrons. The lowest BCUT2D eigenvalue weighted by atomic mass is 10.1. The van der Waals surface area contributed by atoms with E-state index >= 15 is 0 Å². The van der Waals surface area contributed by atoms with Crippen molar-refractivity contribution in [3.63, 3.8) is 0 Å². The number of piperidine rings is 1. The molecule has 27 heavy (non-hydrogen) atoms. The van der Waals surface area contributed by atoms with Gasteiger partial charge in [0, 0.05) is 12.1 Å². The van der Waals surface area contributed by atoms with Gasteiger partial charge in [-0.3, -0.25) is 9.10 Å². The molecule has 1 fully saturated rings. The van der Waals surface area contributed by atoms with Crippen LogP contribution in [0, 0.1) is 0 Å². The Bertz CT molecular complexity index is 775. The Labute approximate surface area is 160 Å². The van der Waals surface area contributed by atoms with Crippen LogP contribution < -0.4 is 19.1 Å². The number of rotatable bonds is 6. The highest BCUT2D eigenvalue weighted by atomic mass is 32.2. The number of nitrogens with zero attached hydrogens (tertiary/aromatic N) is 2. The van der Waals surface area contributed by atoms with Gasteiger partial charge in [-0.05, 0) is 52.0 Å². The maximum Gasteiger partial charge on any atom is 0.240 e. The van der Waals surface area contributed by atoms with Gasteiger partial charge in [-0.1, -0.05) is 0 Å². The van der Waals surface area contributed by atoms with Crippen molar-refractivity contribution in [3.8, 4) is 11.5 Å². The monoisotopic (exact) mass is 397 g/mol. The molecule has 2 heterocycles. The fraction of sp³-hybridized carbons (Fsp3) is 0.611. The molecule has 1 aromatic carbocycles. The summed E-state index contributed by atoms with van der Waals surface area (Å²) in [5.74, 6) is 0.681. The molecule has 0 radical (unpaired) electrons. The van der Waals surface area contributed by atoms with Crippen LogP contribution in [0.5, 0.6) is 11.5 Å². The predicted molar refractivity (Wildman–Crippen MR) is 103 cm³/mol. The number of likely N-dealkylation sites (tertiary alicyclic amines) is 1. The minimum atomic E-state index is -3.62. The molecule has 9 heteroatoms. The Morgan fingerprint density at radius 2 is 1.89 bits per heavy atom. The van der Waals surface area contributed by atoms with Crippen molar-refractivity contribution >= 4 is 21.6 Å². The first-order chi connectivity index (χ1) is 12.9. The van der Waals surface area contributed by atoms with E-state index in [4.69, 9.17) is 9.47 Å². The number of benzene rings is 1. The average Bonchev–Trinajstić information content (AvgIpc) is 2.67. The molecule has 1 amide bonds. The summed E-state index contributed by atoms with van der Waals surface area (Å²) in [6, 6.07) is 5.02. The molecule has 2 aliphatic heterocycles. The second kappa shape index (κ2) is 8.35. The summed E-state index contributed by atoms with van der Waals surface area (Å²) < 4.78 is 37.4. The molecule has 0 saturated carbocycles. The smallest absolute Gasteiger partial charge is 0.240 e. The Hall–Kier alpha value is -2.00. The van der Waals surface area contributed by atoms with Crippen molar-refractivity contribution in [2.24, 2.45) is 0 Å². The van der Waals surface area contributed by atoms with E-state index in [0.29, 0.717) is 30.4 Å². The minimum Gasteiger partial charge on any atom is -0.486 e. The van der Waals surface area contributed by atoms with E-state index in [9.17, 15) is 13.2 Å². The summed E-state index contributed by atoms with van der Waals surface area (Å²) in [6.45, 7) is 4.03. The summed E-state index contributed by atoms with van der Waals surface area (Å²) in [4.78, 5) is 14.8. The van der Waals surface area contributed by atoms with Crippen molar-refractivity contribution in [2.75, 3.05) is 50.0 Å². The predicted octanol–water partition coefficient (Wildman–Crippen LogP) is 0.824. The molecule has 1 saturated heterocycles. The summed E-state index contributed by atoms with van der Waals surface area (Å²) in [7, 11) is -1.57. The second-order valence-corrected chi connectivity index (χ2v) is 9.06. The molecule has 0 aliphatic carbocycles. The normalized spacial score (nSPS) is 18.1. The van der Waals surface area contributed by atoms with Crippen molar-refractivity contribution in [3.05, 3.63) is 18.2 Å². The number of hydrogen-bond acceptors (Lipinski definition) is 6. The molecule has 3 rings (SSSR count). The van der Waals surface area contributed by atoms with Gasteiger partial charge in [-0.15, -0.1) is 0 Å². The lowest BCUT2D eigenvalue weighted by Crippen LogP contribution is -2.48. The first-order valence-electron chi connectivity index (χ1n) is 9.27. The first kappa shape index (κ1) is 19.8. The SMILES string of the molecule is CCS(=O)(=O)N(CC(=O)NC1CCN(C)CC1)c1ccc2c(c1)OCCO2. The number of nitrogens with one attached hydrogen (secondary N) is 1. The highest BCUT2D eigenvalue weighted by molar-refractivity contribution is 7.92. The van der Waals surface area contributed by atoms with E-state index in [-0.39, 0.29) is 24.2 Å². The van der Waals surface area contributed by atoms with Crippen LogP contribution in [0.3, 0.4) is 0 Å². The molecule has 8 nitrogen and oxygen atoms in total. The average molecular weight is 397 g/mol. The number of ether oxygens (including phenoxy) is 2. The number of hydrogen-bond donors (Lipinski definition) is 1. The van der Waals surface area contributed by atoms with Crippen LogP contribution in [-0.4, -0.2) is 70.9 Å². The van der Waals surface area contributed by atoms with Gasteiger partial charge in [0.15, 0.2) is 11.5 Å². The third-order valence-corrected chi connectivity index (χ3v) is 6.63. The van der Waals surface area contributed by atoms with E-state index in [1.807, 2.05) is 0 Å². The summed E-state index contributed by atoms with van der Waals surface area (Å²) in [5.41, 5.74) is 0.402. The second-order valence-electron chi connectivity index (χ2n) is 6.88. The van der Waals surface area contributed by atoms with Gasteiger partial charge < -0.3 is 19.7 Å². The summed E-state index contributed by atoms with van der Waals surface area (Å²) >= 11 is 0. The van der Waals surface area contributed by atoms with Crippen LogP contribution in [0.25, 0.3) is 0 Å². The fourth-order valence-electron chi connectivity index (χ4n) is 3.25. The summed E-state index contributed by atoms with van der Waals surface area (Å²) in [5, 5.41) is 2.97. The largest absolute Gasteiger partial charge is 0.486 e. The Morgan fingerprint density at radius 3 is 2.56 bits per heavy atom. The molecule has 1 aromatic rings. The van der Waals surface area contributed by atoms with Crippen molar-refractivity contribution in [1.29, 1.82) is 0 Å². The van der Waals surface area contributed by atoms with E-state index in [0.717, 1.165) is 30.2 Å². The van der Waals surface area contributed by atoms with Gasteiger partial charge in [-0.2, -0.15) is 0 Å². The zero-order valence-corrected chi connectivity index (χ0v) is 16.6. The van der Waals surface area contributed by atoms with Crippen LogP contribution in [-0.2, 0) is 14.8 Å². The van der Waals surface area contributed by atoms with Crippen LogP contribution in [0.4, 0.5) is 5.69 Å². The van der Waals surface area contributed by atoms with Gasteiger partial charge in [0.25, 0.3) is 0 Å². The number of anilines is 1. The molecule has 0 spiro atoms. The lowest BCUT2D eigenvalue weighted by Gasteiger charge is -2.30. The maximum absolute atomic E-state index is 12.6. The molecule has 1 N–H and O–H groups in total. The Balaban J connectivity index is 1.75.